The number of likely N-dealkylation sites (N-methyl/N-ethyl adjacent to an activating group) is 1. The summed E-state index contributed by atoms with van der Waals surface area (Å²) in [6.45, 7) is 6.64. The van der Waals surface area contributed by atoms with Crippen molar-refractivity contribution >= 4 is 5.91 Å². The van der Waals surface area contributed by atoms with Gasteiger partial charge in [-0.2, -0.15) is 0 Å². The lowest BCUT2D eigenvalue weighted by molar-refractivity contribution is -0.131. The second kappa shape index (κ2) is 6.53. The second-order valence-corrected chi connectivity index (χ2v) is 6.02. The van der Waals surface area contributed by atoms with Crippen molar-refractivity contribution in [1.82, 2.24) is 15.1 Å². The van der Waals surface area contributed by atoms with E-state index in [2.05, 4.69) is 24.2 Å². The Kier molecular flexibility index (Phi) is 5.01. The molecule has 0 aromatic rings. The second-order valence-electron chi connectivity index (χ2n) is 6.02. The maximum Gasteiger partial charge on any atom is 0.236 e. The zero-order valence-electron chi connectivity index (χ0n) is 11.8. The van der Waals surface area contributed by atoms with Gasteiger partial charge in [-0.25, -0.2) is 0 Å². The van der Waals surface area contributed by atoms with Gasteiger partial charge in [0.1, 0.15) is 0 Å². The third-order valence-electron chi connectivity index (χ3n) is 4.41. The zero-order chi connectivity index (χ0) is 13.0. The third-order valence-corrected chi connectivity index (χ3v) is 4.41. The number of carbonyl (C=O) groups is 1. The number of amides is 1. The van der Waals surface area contributed by atoms with Crippen LogP contribution in [0.2, 0.25) is 0 Å². The molecule has 1 aliphatic heterocycles. The molecule has 0 unspecified atom stereocenters. The van der Waals surface area contributed by atoms with Crippen LogP contribution < -0.4 is 5.32 Å². The molecule has 1 aliphatic carbocycles. The summed E-state index contributed by atoms with van der Waals surface area (Å²) in [5, 5.41) is 3.45. The molecule has 2 fully saturated rings. The molecule has 4 heteroatoms. The number of piperazine rings is 1. The van der Waals surface area contributed by atoms with Gasteiger partial charge in [0, 0.05) is 32.2 Å². The highest BCUT2D eigenvalue weighted by molar-refractivity contribution is 5.78. The Morgan fingerprint density at radius 3 is 2.33 bits per heavy atom. The van der Waals surface area contributed by atoms with Gasteiger partial charge in [-0.15, -0.1) is 0 Å². The van der Waals surface area contributed by atoms with E-state index in [-0.39, 0.29) is 5.91 Å². The van der Waals surface area contributed by atoms with Crippen LogP contribution in [0.25, 0.3) is 0 Å². The predicted molar refractivity (Wildman–Crippen MR) is 73.5 cm³/mol. The van der Waals surface area contributed by atoms with Gasteiger partial charge in [0.15, 0.2) is 0 Å². The molecule has 2 rings (SSSR count). The Morgan fingerprint density at radius 1 is 1.11 bits per heavy atom. The lowest BCUT2D eigenvalue weighted by Gasteiger charge is -2.33. The van der Waals surface area contributed by atoms with Crippen molar-refractivity contribution in [2.24, 2.45) is 5.92 Å². The quantitative estimate of drug-likeness (QED) is 0.813. The van der Waals surface area contributed by atoms with Gasteiger partial charge in [0.25, 0.3) is 0 Å². The van der Waals surface area contributed by atoms with E-state index in [0.29, 0.717) is 12.6 Å². The van der Waals surface area contributed by atoms with E-state index in [0.717, 1.165) is 32.1 Å². The van der Waals surface area contributed by atoms with Gasteiger partial charge in [0.2, 0.25) is 5.91 Å². The summed E-state index contributed by atoms with van der Waals surface area (Å²) in [5.74, 6) is 1.15. The molecule has 1 amide bonds. The summed E-state index contributed by atoms with van der Waals surface area (Å²) < 4.78 is 0. The lowest BCUT2D eigenvalue weighted by Crippen LogP contribution is -2.50. The average molecular weight is 253 g/mol. The third kappa shape index (κ3) is 3.95. The predicted octanol–water partition coefficient (Wildman–Crippen LogP) is 0.929. The van der Waals surface area contributed by atoms with E-state index >= 15 is 0 Å². The Morgan fingerprint density at radius 2 is 1.72 bits per heavy atom. The maximum absolute atomic E-state index is 12.1. The van der Waals surface area contributed by atoms with E-state index in [4.69, 9.17) is 0 Å². The molecule has 0 bridgehead atoms. The summed E-state index contributed by atoms with van der Waals surface area (Å²) in [6.07, 6.45) is 5.08. The summed E-state index contributed by atoms with van der Waals surface area (Å²) in [5.41, 5.74) is 0. The topological polar surface area (TPSA) is 35.6 Å². The molecule has 4 nitrogen and oxygen atoms in total. The van der Waals surface area contributed by atoms with Crippen LogP contribution in [0.5, 0.6) is 0 Å². The van der Waals surface area contributed by atoms with E-state index in [1.165, 1.54) is 25.7 Å². The maximum atomic E-state index is 12.1. The number of hydrogen-bond donors (Lipinski definition) is 1. The molecule has 1 saturated heterocycles. The van der Waals surface area contributed by atoms with Crippen molar-refractivity contribution in [2.45, 2.75) is 38.6 Å². The van der Waals surface area contributed by atoms with Crippen molar-refractivity contribution < 1.29 is 4.79 Å². The van der Waals surface area contributed by atoms with Crippen LogP contribution in [0.4, 0.5) is 0 Å². The van der Waals surface area contributed by atoms with Crippen LogP contribution in [0.15, 0.2) is 0 Å². The molecule has 104 valence electrons. The minimum atomic E-state index is 0.279. The Balaban J connectivity index is 1.65. The molecule has 0 atom stereocenters. The number of carbonyl (C=O) groups excluding carboxylic acids is 1. The van der Waals surface area contributed by atoms with E-state index in [1.54, 1.807) is 0 Å². The van der Waals surface area contributed by atoms with Gasteiger partial charge < -0.3 is 15.1 Å². The highest BCUT2D eigenvalue weighted by Crippen LogP contribution is 2.23. The van der Waals surface area contributed by atoms with Gasteiger partial charge in [-0.1, -0.05) is 6.92 Å². The van der Waals surface area contributed by atoms with Gasteiger partial charge in [-0.3, -0.25) is 4.79 Å². The summed E-state index contributed by atoms with van der Waals surface area (Å²) in [6, 6.07) is 0.567. The molecule has 0 aromatic carbocycles. The van der Waals surface area contributed by atoms with Crippen LogP contribution in [-0.4, -0.2) is 61.5 Å². The van der Waals surface area contributed by atoms with Crippen LogP contribution in [0.1, 0.15) is 32.6 Å². The van der Waals surface area contributed by atoms with Gasteiger partial charge in [0.05, 0.1) is 6.54 Å². The Labute approximate surface area is 111 Å². The normalized spacial score (nSPS) is 30.4. The SMILES string of the molecule is CC1CCC(NCC(=O)N2CCN(C)CC2)CC1. The minimum absolute atomic E-state index is 0.279. The van der Waals surface area contributed by atoms with Crippen LogP contribution in [0.3, 0.4) is 0 Å². The first-order chi connectivity index (χ1) is 8.65. The molecular weight excluding hydrogens is 226 g/mol. The molecule has 1 saturated carbocycles. The van der Waals surface area contributed by atoms with E-state index in [1.807, 2.05) is 4.90 Å². The fraction of sp³-hybridized carbons (Fsp3) is 0.929. The average Bonchev–Trinajstić information content (AvgIpc) is 2.38. The molecule has 0 radical (unpaired) electrons. The van der Waals surface area contributed by atoms with E-state index < -0.39 is 0 Å². The smallest absolute Gasteiger partial charge is 0.236 e. The Bertz CT molecular complexity index is 266. The lowest BCUT2D eigenvalue weighted by atomic mass is 9.87. The van der Waals surface area contributed by atoms with E-state index in [9.17, 15) is 4.79 Å². The first-order valence-electron chi connectivity index (χ1n) is 7.35. The first kappa shape index (κ1) is 13.8. The van der Waals surface area contributed by atoms with Crippen LogP contribution in [-0.2, 0) is 4.79 Å². The fourth-order valence-corrected chi connectivity index (χ4v) is 2.86. The van der Waals surface area contributed by atoms with Gasteiger partial charge >= 0.3 is 0 Å². The van der Waals surface area contributed by atoms with Crippen molar-refractivity contribution in [1.29, 1.82) is 0 Å². The number of rotatable bonds is 3. The molecule has 18 heavy (non-hydrogen) atoms. The van der Waals surface area contributed by atoms with Crippen LogP contribution in [0, 0.1) is 5.92 Å². The molecule has 2 aliphatic rings. The zero-order valence-corrected chi connectivity index (χ0v) is 11.8. The van der Waals surface area contributed by atoms with Gasteiger partial charge in [-0.05, 0) is 38.6 Å². The van der Waals surface area contributed by atoms with Crippen LogP contribution >= 0.6 is 0 Å². The molecule has 0 spiro atoms. The molecule has 0 aromatic heterocycles. The molecule has 1 heterocycles. The summed E-state index contributed by atoms with van der Waals surface area (Å²) in [7, 11) is 2.11. The highest BCUT2D eigenvalue weighted by atomic mass is 16.2. The van der Waals surface area contributed by atoms with Crippen molar-refractivity contribution in [3.8, 4) is 0 Å². The number of hydrogen-bond acceptors (Lipinski definition) is 3. The minimum Gasteiger partial charge on any atom is -0.339 e. The molecule has 1 N–H and O–H groups in total. The van der Waals surface area contributed by atoms with Crippen molar-refractivity contribution in [2.75, 3.05) is 39.8 Å². The van der Waals surface area contributed by atoms with Crippen molar-refractivity contribution in [3.05, 3.63) is 0 Å². The monoisotopic (exact) mass is 253 g/mol. The Hall–Kier alpha value is -0.610. The standard InChI is InChI=1S/C14H27N3O/c1-12-3-5-13(6-4-12)15-11-14(18)17-9-7-16(2)8-10-17/h12-13,15H,3-11H2,1-2H3. The number of nitrogens with one attached hydrogen (secondary N) is 1. The highest BCUT2D eigenvalue weighted by Gasteiger charge is 2.21. The fourth-order valence-electron chi connectivity index (χ4n) is 2.86. The molecular formula is C14H27N3O. The summed E-state index contributed by atoms with van der Waals surface area (Å²) in [4.78, 5) is 16.3. The number of nitrogens with zero attached hydrogens (tertiary/aromatic N) is 2. The summed E-state index contributed by atoms with van der Waals surface area (Å²) >= 11 is 0. The first-order valence-corrected chi connectivity index (χ1v) is 7.35. The largest absolute Gasteiger partial charge is 0.339 e. The van der Waals surface area contributed by atoms with Crippen molar-refractivity contribution in [3.63, 3.8) is 0 Å².